The van der Waals surface area contributed by atoms with E-state index in [9.17, 15) is 13.2 Å². The zero-order valence-corrected chi connectivity index (χ0v) is 12.9. The van der Waals surface area contributed by atoms with E-state index in [-0.39, 0.29) is 30.6 Å². The van der Waals surface area contributed by atoms with Crippen molar-refractivity contribution in [3.8, 4) is 0 Å². The van der Waals surface area contributed by atoms with Crippen molar-refractivity contribution in [3.05, 3.63) is 34.6 Å². The second kappa shape index (κ2) is 7.01. The van der Waals surface area contributed by atoms with Gasteiger partial charge in [0.15, 0.2) is 0 Å². The van der Waals surface area contributed by atoms with E-state index in [1.54, 1.807) is 6.07 Å². The van der Waals surface area contributed by atoms with Crippen molar-refractivity contribution in [3.63, 3.8) is 0 Å². The Balaban J connectivity index is 2.07. The molecule has 1 aromatic rings. The lowest BCUT2D eigenvalue weighted by Crippen LogP contribution is -2.41. The Bertz CT molecular complexity index is 469. The Morgan fingerprint density at radius 3 is 2.62 bits per heavy atom. The van der Waals surface area contributed by atoms with Crippen LogP contribution in [-0.2, 0) is 6.42 Å². The molecule has 1 aliphatic carbocycles. The van der Waals surface area contributed by atoms with E-state index in [0.29, 0.717) is 29.8 Å². The van der Waals surface area contributed by atoms with Crippen LogP contribution < -0.4 is 5.32 Å². The summed E-state index contributed by atoms with van der Waals surface area (Å²) in [6.07, 6.45) is 1.30. The van der Waals surface area contributed by atoms with Gasteiger partial charge in [0, 0.05) is 23.9 Å². The number of alkyl halides is 2. The molecule has 1 saturated carbocycles. The maximum Gasteiger partial charge on any atom is 0.248 e. The normalized spacial score (nSPS) is 20.4. The smallest absolute Gasteiger partial charge is 0.248 e. The van der Waals surface area contributed by atoms with E-state index >= 15 is 0 Å². The average Bonchev–Trinajstić information content (AvgIpc) is 2.42. The lowest BCUT2D eigenvalue weighted by molar-refractivity contribution is -0.0495. The molecule has 0 amide bonds. The molecule has 0 saturated heterocycles. The maximum absolute atomic E-state index is 13.9. The third kappa shape index (κ3) is 4.62. The second-order valence-electron chi connectivity index (χ2n) is 5.80. The second-order valence-corrected chi connectivity index (χ2v) is 6.23. The van der Waals surface area contributed by atoms with Crippen LogP contribution in [0.4, 0.5) is 13.2 Å². The van der Waals surface area contributed by atoms with Crippen molar-refractivity contribution in [2.24, 2.45) is 5.92 Å². The fourth-order valence-corrected chi connectivity index (χ4v) is 3.26. The molecule has 1 aliphatic rings. The number of halogens is 4. The zero-order valence-electron chi connectivity index (χ0n) is 12.1. The SMILES string of the molecule is CCNC(Cc1cc(Cl)ccc1F)C1CCC(F)(F)CC1. The van der Waals surface area contributed by atoms with Crippen LogP contribution in [0.3, 0.4) is 0 Å². The quantitative estimate of drug-likeness (QED) is 0.820. The van der Waals surface area contributed by atoms with Gasteiger partial charge in [-0.3, -0.25) is 0 Å². The molecule has 0 heterocycles. The van der Waals surface area contributed by atoms with Gasteiger partial charge in [-0.25, -0.2) is 13.2 Å². The monoisotopic (exact) mass is 319 g/mol. The fraction of sp³-hybridized carbons (Fsp3) is 0.625. The van der Waals surface area contributed by atoms with Crippen LogP contribution in [0.2, 0.25) is 5.02 Å². The Morgan fingerprint density at radius 2 is 2.00 bits per heavy atom. The fourth-order valence-electron chi connectivity index (χ4n) is 3.07. The van der Waals surface area contributed by atoms with Crippen molar-refractivity contribution in [2.45, 2.75) is 51.0 Å². The highest BCUT2D eigenvalue weighted by molar-refractivity contribution is 6.30. The molecule has 5 heteroatoms. The summed E-state index contributed by atoms with van der Waals surface area (Å²) in [6, 6.07) is 4.51. The topological polar surface area (TPSA) is 12.0 Å². The van der Waals surface area contributed by atoms with Gasteiger partial charge in [0.1, 0.15) is 5.82 Å². The van der Waals surface area contributed by atoms with E-state index in [0.717, 1.165) is 6.54 Å². The van der Waals surface area contributed by atoms with Gasteiger partial charge in [-0.15, -0.1) is 0 Å². The van der Waals surface area contributed by atoms with Gasteiger partial charge in [-0.2, -0.15) is 0 Å². The van der Waals surface area contributed by atoms with E-state index in [1.807, 2.05) is 6.92 Å². The Morgan fingerprint density at radius 1 is 1.33 bits per heavy atom. The third-order valence-corrected chi connectivity index (χ3v) is 4.48. The molecule has 0 bridgehead atoms. The molecule has 0 aromatic heterocycles. The van der Waals surface area contributed by atoms with Crippen molar-refractivity contribution >= 4 is 11.6 Å². The standard InChI is InChI=1S/C16H21ClF3N/c1-2-21-15(11-5-7-16(19,20)8-6-11)10-12-9-13(17)3-4-14(12)18/h3-4,9,11,15,21H,2,5-8,10H2,1H3. The molecule has 1 nitrogen and oxygen atoms in total. The van der Waals surface area contributed by atoms with Gasteiger partial charge < -0.3 is 5.32 Å². The first-order valence-corrected chi connectivity index (χ1v) is 7.84. The molecule has 0 spiro atoms. The molecule has 1 atom stereocenters. The number of rotatable bonds is 5. The van der Waals surface area contributed by atoms with Crippen molar-refractivity contribution in [1.29, 1.82) is 0 Å². The summed E-state index contributed by atoms with van der Waals surface area (Å²) in [4.78, 5) is 0. The summed E-state index contributed by atoms with van der Waals surface area (Å²) in [7, 11) is 0. The number of nitrogens with one attached hydrogen (secondary N) is 1. The van der Waals surface area contributed by atoms with Crippen LogP contribution in [0.25, 0.3) is 0 Å². The van der Waals surface area contributed by atoms with E-state index in [2.05, 4.69) is 5.32 Å². The zero-order chi connectivity index (χ0) is 15.5. The highest BCUT2D eigenvalue weighted by atomic mass is 35.5. The Kier molecular flexibility index (Phi) is 5.55. The summed E-state index contributed by atoms with van der Waals surface area (Å²) in [5, 5.41) is 3.82. The summed E-state index contributed by atoms with van der Waals surface area (Å²) >= 11 is 5.91. The minimum Gasteiger partial charge on any atom is -0.314 e. The van der Waals surface area contributed by atoms with Crippen LogP contribution in [0.1, 0.15) is 38.2 Å². The van der Waals surface area contributed by atoms with E-state index < -0.39 is 5.92 Å². The highest BCUT2D eigenvalue weighted by Gasteiger charge is 2.37. The molecule has 0 aliphatic heterocycles. The van der Waals surface area contributed by atoms with Crippen molar-refractivity contribution in [1.82, 2.24) is 5.32 Å². The molecule has 1 fully saturated rings. The maximum atomic E-state index is 13.9. The molecular weight excluding hydrogens is 299 g/mol. The Labute approximate surface area is 128 Å². The third-order valence-electron chi connectivity index (χ3n) is 4.24. The molecule has 1 unspecified atom stereocenters. The lowest BCUT2D eigenvalue weighted by Gasteiger charge is -2.34. The van der Waals surface area contributed by atoms with Crippen LogP contribution in [0.15, 0.2) is 18.2 Å². The molecule has 2 rings (SSSR count). The lowest BCUT2D eigenvalue weighted by atomic mass is 9.80. The molecule has 0 radical (unpaired) electrons. The van der Waals surface area contributed by atoms with E-state index in [4.69, 9.17) is 11.6 Å². The van der Waals surface area contributed by atoms with Crippen molar-refractivity contribution in [2.75, 3.05) is 6.54 Å². The largest absolute Gasteiger partial charge is 0.314 e. The minimum absolute atomic E-state index is 0.0130. The predicted octanol–water partition coefficient (Wildman–Crippen LogP) is 4.83. The number of likely N-dealkylation sites (N-methyl/N-ethyl adjacent to an activating group) is 1. The molecular formula is C16H21ClF3N. The van der Waals surface area contributed by atoms with Crippen molar-refractivity contribution < 1.29 is 13.2 Å². The van der Waals surface area contributed by atoms with Crippen LogP contribution in [0, 0.1) is 11.7 Å². The number of benzene rings is 1. The highest BCUT2D eigenvalue weighted by Crippen LogP contribution is 2.38. The van der Waals surface area contributed by atoms with E-state index in [1.165, 1.54) is 12.1 Å². The van der Waals surface area contributed by atoms with Gasteiger partial charge in [0.05, 0.1) is 0 Å². The number of hydrogen-bond acceptors (Lipinski definition) is 1. The summed E-state index contributed by atoms with van der Waals surface area (Å²) in [5.41, 5.74) is 0.547. The molecule has 118 valence electrons. The Hall–Kier alpha value is -0.740. The minimum atomic E-state index is -2.53. The predicted molar refractivity (Wildman–Crippen MR) is 79.5 cm³/mol. The van der Waals surface area contributed by atoms with Crippen LogP contribution >= 0.6 is 11.6 Å². The van der Waals surface area contributed by atoms with Crippen LogP contribution in [0.5, 0.6) is 0 Å². The molecule has 1 aromatic carbocycles. The van der Waals surface area contributed by atoms with Crippen LogP contribution in [-0.4, -0.2) is 18.5 Å². The first kappa shape index (κ1) is 16.6. The van der Waals surface area contributed by atoms with Gasteiger partial charge >= 0.3 is 0 Å². The average molecular weight is 320 g/mol. The first-order chi connectivity index (χ1) is 9.91. The molecule has 1 N–H and O–H groups in total. The molecule has 21 heavy (non-hydrogen) atoms. The first-order valence-electron chi connectivity index (χ1n) is 7.46. The summed E-state index contributed by atoms with van der Waals surface area (Å²) < 4.78 is 40.4. The summed E-state index contributed by atoms with van der Waals surface area (Å²) in [5.74, 6) is -2.67. The van der Waals surface area contributed by atoms with Gasteiger partial charge in [-0.05, 0) is 55.5 Å². The summed E-state index contributed by atoms with van der Waals surface area (Å²) in [6.45, 7) is 2.71. The number of hydrogen-bond donors (Lipinski definition) is 1. The van der Waals surface area contributed by atoms with Gasteiger partial charge in [0.2, 0.25) is 5.92 Å². The van der Waals surface area contributed by atoms with Gasteiger partial charge in [-0.1, -0.05) is 18.5 Å². The van der Waals surface area contributed by atoms with Gasteiger partial charge in [0.25, 0.3) is 0 Å².